The van der Waals surface area contributed by atoms with E-state index in [-0.39, 0.29) is 24.0 Å². The van der Waals surface area contributed by atoms with Crippen LogP contribution < -0.4 is 15.5 Å². The van der Waals surface area contributed by atoms with Crippen LogP contribution in [0.4, 0.5) is 5.82 Å². The number of aliphatic imine (C=N–C) groups is 1. The molecule has 0 spiro atoms. The molecule has 0 aliphatic carbocycles. The highest BCUT2D eigenvalue weighted by molar-refractivity contribution is 14.0. The fraction of sp³-hybridized carbons (Fsp3) is 0.545. The maximum absolute atomic E-state index is 10.7. The van der Waals surface area contributed by atoms with Crippen LogP contribution in [0.1, 0.15) is 50.2 Å². The smallest absolute Gasteiger partial charge is 0.191 e. The fourth-order valence-electron chi connectivity index (χ4n) is 3.43. The first-order chi connectivity index (χ1) is 14.0. The van der Waals surface area contributed by atoms with Crippen molar-refractivity contribution in [2.24, 2.45) is 4.99 Å². The first kappa shape index (κ1) is 24.5. The Morgan fingerprint density at radius 1 is 1.23 bits per heavy atom. The summed E-state index contributed by atoms with van der Waals surface area (Å²) in [4.78, 5) is 11.6. The molecular formula is C22H34IN5O2. The summed E-state index contributed by atoms with van der Waals surface area (Å²) in [6.45, 7) is 9.34. The Labute approximate surface area is 196 Å². The highest BCUT2D eigenvalue weighted by Crippen LogP contribution is 2.22. The van der Waals surface area contributed by atoms with Crippen LogP contribution in [0, 0.1) is 6.92 Å². The third-order valence-electron chi connectivity index (χ3n) is 5.13. The Morgan fingerprint density at radius 3 is 2.67 bits per heavy atom. The highest BCUT2D eigenvalue weighted by Gasteiger charge is 2.27. The number of furan rings is 1. The molecule has 1 saturated heterocycles. The van der Waals surface area contributed by atoms with Crippen LogP contribution in [-0.4, -0.2) is 42.2 Å². The van der Waals surface area contributed by atoms with Crippen LogP contribution >= 0.6 is 24.0 Å². The average molecular weight is 527 g/mol. The Morgan fingerprint density at radius 2 is 2.00 bits per heavy atom. The summed E-state index contributed by atoms with van der Waals surface area (Å²) in [6, 6.07) is 7.79. The third kappa shape index (κ3) is 6.87. The third-order valence-corrected chi connectivity index (χ3v) is 5.13. The van der Waals surface area contributed by atoms with Crippen LogP contribution in [-0.2, 0) is 12.1 Å². The van der Waals surface area contributed by atoms with Gasteiger partial charge in [0.05, 0.1) is 13.1 Å². The molecule has 30 heavy (non-hydrogen) atoms. The van der Waals surface area contributed by atoms with Gasteiger partial charge in [0, 0.05) is 25.8 Å². The summed E-state index contributed by atoms with van der Waals surface area (Å²) >= 11 is 0. The van der Waals surface area contributed by atoms with E-state index in [4.69, 9.17) is 4.42 Å². The van der Waals surface area contributed by atoms with Gasteiger partial charge >= 0.3 is 0 Å². The van der Waals surface area contributed by atoms with Crippen molar-refractivity contribution < 1.29 is 9.52 Å². The van der Waals surface area contributed by atoms with Crippen molar-refractivity contribution in [3.05, 3.63) is 47.5 Å². The number of hydrogen-bond donors (Lipinski definition) is 3. The summed E-state index contributed by atoms with van der Waals surface area (Å²) in [7, 11) is 0. The van der Waals surface area contributed by atoms with Gasteiger partial charge in [0.15, 0.2) is 5.96 Å². The molecule has 2 aromatic heterocycles. The van der Waals surface area contributed by atoms with Crippen molar-refractivity contribution in [1.29, 1.82) is 0 Å². The lowest BCUT2D eigenvalue weighted by Crippen LogP contribution is -2.44. The topological polar surface area (TPSA) is 85.9 Å². The Hall–Kier alpha value is -1.81. The summed E-state index contributed by atoms with van der Waals surface area (Å²) in [5.74, 6) is 3.01. The minimum absolute atomic E-state index is 0. The monoisotopic (exact) mass is 527 g/mol. The number of piperidine rings is 1. The maximum atomic E-state index is 10.7. The molecule has 3 heterocycles. The Kier molecular flexibility index (Phi) is 9.41. The molecule has 0 aromatic carbocycles. The van der Waals surface area contributed by atoms with E-state index in [1.165, 1.54) is 19.3 Å². The van der Waals surface area contributed by atoms with E-state index < -0.39 is 5.60 Å². The van der Waals surface area contributed by atoms with E-state index in [0.717, 1.165) is 36.8 Å². The van der Waals surface area contributed by atoms with Crippen LogP contribution in [0.2, 0.25) is 0 Å². The minimum atomic E-state index is -1.12. The zero-order chi connectivity index (χ0) is 20.7. The van der Waals surface area contributed by atoms with E-state index in [0.29, 0.717) is 24.8 Å². The van der Waals surface area contributed by atoms with Crippen LogP contribution in [0.5, 0.6) is 0 Å². The van der Waals surface area contributed by atoms with Crippen LogP contribution in [0.25, 0.3) is 0 Å². The zero-order valence-electron chi connectivity index (χ0n) is 18.1. The van der Waals surface area contributed by atoms with Crippen molar-refractivity contribution in [3.63, 3.8) is 0 Å². The molecule has 1 aliphatic heterocycles. The minimum Gasteiger partial charge on any atom is -0.463 e. The number of rotatable bonds is 7. The number of pyridine rings is 1. The highest BCUT2D eigenvalue weighted by atomic mass is 127. The number of aromatic nitrogens is 1. The van der Waals surface area contributed by atoms with Crippen molar-refractivity contribution in [2.45, 2.75) is 52.2 Å². The van der Waals surface area contributed by atoms with Gasteiger partial charge in [0.25, 0.3) is 0 Å². The normalized spacial score (nSPS) is 16.5. The largest absolute Gasteiger partial charge is 0.463 e. The predicted octanol–water partition coefficient (Wildman–Crippen LogP) is 3.55. The standard InChI is InChI=1S/C22H33N5O2.HI/c1-4-23-21(26-16-22(3,28)19-9-8-17(2)29-19)25-15-18-10-11-24-20(14-18)27-12-6-5-7-13-27;/h8-11,14,28H,4-7,12-13,15-16H2,1-3H3,(H2,23,25,26);1H. The number of hydrogen-bond acceptors (Lipinski definition) is 5. The average Bonchev–Trinajstić information content (AvgIpc) is 3.18. The molecule has 1 fully saturated rings. The lowest BCUT2D eigenvalue weighted by Gasteiger charge is -2.27. The SMILES string of the molecule is CCNC(=NCc1ccnc(N2CCCCC2)c1)NCC(C)(O)c1ccc(C)o1.I. The number of nitrogens with one attached hydrogen (secondary N) is 2. The van der Waals surface area contributed by atoms with Gasteiger partial charge in [-0.15, -0.1) is 24.0 Å². The zero-order valence-corrected chi connectivity index (χ0v) is 20.5. The van der Waals surface area contributed by atoms with E-state index in [1.54, 1.807) is 13.0 Å². The Balaban J connectivity index is 0.00000320. The molecule has 0 amide bonds. The number of anilines is 1. The molecule has 8 heteroatoms. The van der Waals surface area contributed by atoms with Gasteiger partial charge in [-0.1, -0.05) is 0 Å². The Bertz CT molecular complexity index is 815. The van der Waals surface area contributed by atoms with Crippen LogP contribution in [0.15, 0.2) is 39.9 Å². The molecule has 7 nitrogen and oxygen atoms in total. The van der Waals surface area contributed by atoms with Crippen molar-refractivity contribution in [1.82, 2.24) is 15.6 Å². The molecule has 1 aliphatic rings. The van der Waals surface area contributed by atoms with E-state index in [9.17, 15) is 5.11 Å². The van der Waals surface area contributed by atoms with Gasteiger partial charge in [-0.05, 0) is 69.9 Å². The van der Waals surface area contributed by atoms with E-state index in [1.807, 2.05) is 32.2 Å². The van der Waals surface area contributed by atoms with Gasteiger partial charge in [0.1, 0.15) is 22.9 Å². The fourth-order valence-corrected chi connectivity index (χ4v) is 3.43. The van der Waals surface area contributed by atoms with Crippen molar-refractivity contribution >= 4 is 35.8 Å². The summed E-state index contributed by atoms with van der Waals surface area (Å²) in [5, 5.41) is 17.2. The second-order valence-corrected chi connectivity index (χ2v) is 7.80. The number of guanidine groups is 1. The lowest BCUT2D eigenvalue weighted by molar-refractivity contribution is 0.0378. The number of halogens is 1. The summed E-state index contributed by atoms with van der Waals surface area (Å²) < 4.78 is 5.58. The molecule has 0 bridgehead atoms. The lowest BCUT2D eigenvalue weighted by atomic mass is 10.0. The van der Waals surface area contributed by atoms with E-state index >= 15 is 0 Å². The van der Waals surface area contributed by atoms with Gasteiger partial charge in [-0.25, -0.2) is 9.98 Å². The molecule has 1 unspecified atom stereocenters. The molecule has 0 radical (unpaired) electrons. The summed E-state index contributed by atoms with van der Waals surface area (Å²) in [5.41, 5.74) is -0.00562. The molecule has 3 N–H and O–H groups in total. The molecule has 2 aromatic rings. The molecule has 3 rings (SSSR count). The number of nitrogens with zero attached hydrogens (tertiary/aromatic N) is 3. The van der Waals surface area contributed by atoms with E-state index in [2.05, 4.69) is 31.6 Å². The van der Waals surface area contributed by atoms with Crippen molar-refractivity contribution in [3.8, 4) is 0 Å². The number of aliphatic hydroxyl groups is 1. The molecular weight excluding hydrogens is 493 g/mol. The first-order valence-corrected chi connectivity index (χ1v) is 10.5. The van der Waals surface area contributed by atoms with Crippen LogP contribution in [0.3, 0.4) is 0 Å². The van der Waals surface area contributed by atoms with Crippen molar-refractivity contribution in [2.75, 3.05) is 31.1 Å². The van der Waals surface area contributed by atoms with Gasteiger partial charge in [0.2, 0.25) is 0 Å². The number of aryl methyl sites for hydroxylation is 1. The van der Waals surface area contributed by atoms with Gasteiger partial charge in [-0.3, -0.25) is 0 Å². The van der Waals surface area contributed by atoms with Gasteiger partial charge in [-0.2, -0.15) is 0 Å². The molecule has 0 saturated carbocycles. The second-order valence-electron chi connectivity index (χ2n) is 7.80. The maximum Gasteiger partial charge on any atom is 0.191 e. The first-order valence-electron chi connectivity index (χ1n) is 10.5. The second kappa shape index (κ2) is 11.5. The molecule has 1 atom stereocenters. The molecule has 166 valence electrons. The quantitative estimate of drug-likeness (QED) is 0.290. The predicted molar refractivity (Wildman–Crippen MR) is 132 cm³/mol. The summed E-state index contributed by atoms with van der Waals surface area (Å²) in [6.07, 6.45) is 5.63. The van der Waals surface area contributed by atoms with Gasteiger partial charge < -0.3 is 25.1 Å².